The Hall–Kier alpha value is -2.49. The van der Waals surface area contributed by atoms with E-state index < -0.39 is 8.07 Å². The number of pyridine rings is 1. The lowest BCUT2D eigenvalue weighted by Gasteiger charge is -2.31. The Morgan fingerprint density at radius 3 is 1.85 bits per heavy atom. The molecule has 2 heterocycles. The van der Waals surface area contributed by atoms with Gasteiger partial charge in [-0.2, -0.15) is 0 Å². The maximum atomic E-state index is 4.54. The van der Waals surface area contributed by atoms with Crippen LogP contribution in [-0.2, 0) is 0 Å². The van der Waals surface area contributed by atoms with Crippen molar-refractivity contribution in [2.75, 3.05) is 0 Å². The lowest BCUT2D eigenvalue weighted by Crippen LogP contribution is -2.72. The molecule has 0 unspecified atom stereocenters. The zero-order chi connectivity index (χ0) is 17.6. The first kappa shape index (κ1) is 15.7. The fraction of sp³-hybridized carbons (Fsp3) is 0. The maximum absolute atomic E-state index is 4.54. The van der Waals surface area contributed by atoms with Crippen LogP contribution in [0.5, 0.6) is 0 Å². The molecule has 5 rings (SSSR count). The molecule has 1 aliphatic heterocycles. The van der Waals surface area contributed by atoms with Gasteiger partial charge in [0.1, 0.15) is 4.60 Å². The second kappa shape index (κ2) is 6.04. The summed E-state index contributed by atoms with van der Waals surface area (Å²) >= 11 is 3.73. The molecule has 1 aliphatic rings. The van der Waals surface area contributed by atoms with Crippen molar-refractivity contribution in [3.8, 4) is 11.1 Å². The largest absolute Gasteiger partial charge is 0.249 e. The van der Waals surface area contributed by atoms with E-state index in [9.17, 15) is 0 Å². The predicted octanol–water partition coefficient (Wildman–Crippen LogP) is 3.20. The van der Waals surface area contributed by atoms with E-state index in [-0.39, 0.29) is 0 Å². The minimum absolute atomic E-state index is 0.934. The average molecular weight is 414 g/mol. The van der Waals surface area contributed by atoms with E-state index in [0.29, 0.717) is 0 Å². The Labute approximate surface area is 162 Å². The number of rotatable bonds is 2. The molecule has 124 valence electrons. The average Bonchev–Trinajstić information content (AvgIpc) is 3.02. The quantitative estimate of drug-likeness (QED) is 0.319. The molecular formula is C23H16BrNSi. The smallest absolute Gasteiger partial charge is 0.181 e. The predicted molar refractivity (Wildman–Crippen MR) is 115 cm³/mol. The molecule has 4 aromatic rings. The highest BCUT2D eigenvalue weighted by molar-refractivity contribution is 9.10. The van der Waals surface area contributed by atoms with Crippen molar-refractivity contribution in [1.82, 2.24) is 4.98 Å². The number of hydrogen-bond donors (Lipinski definition) is 0. The van der Waals surface area contributed by atoms with Gasteiger partial charge >= 0.3 is 0 Å². The SMILES string of the molecule is Brc1nccc2c1-c1ccccc1[Si]2(c1ccccc1)c1ccccc1. The van der Waals surface area contributed by atoms with Crippen molar-refractivity contribution in [3.05, 3.63) is 102 Å². The van der Waals surface area contributed by atoms with Gasteiger partial charge in [0.25, 0.3) is 0 Å². The first-order valence-corrected chi connectivity index (χ1v) is 11.5. The molecule has 0 radical (unpaired) electrons. The van der Waals surface area contributed by atoms with Crippen LogP contribution in [0.4, 0.5) is 0 Å². The van der Waals surface area contributed by atoms with Crippen molar-refractivity contribution in [2.45, 2.75) is 0 Å². The van der Waals surface area contributed by atoms with Gasteiger partial charge in [-0.05, 0) is 48.3 Å². The van der Waals surface area contributed by atoms with E-state index in [4.69, 9.17) is 0 Å². The Bertz CT molecular complexity index is 1050. The number of fused-ring (bicyclic) bond motifs is 3. The monoisotopic (exact) mass is 413 g/mol. The van der Waals surface area contributed by atoms with Crippen molar-refractivity contribution >= 4 is 44.8 Å². The highest BCUT2D eigenvalue weighted by Gasteiger charge is 2.49. The van der Waals surface area contributed by atoms with Gasteiger partial charge in [0.05, 0.1) is 0 Å². The summed E-state index contributed by atoms with van der Waals surface area (Å²) in [6.07, 6.45) is 1.93. The molecule has 0 aliphatic carbocycles. The molecule has 0 N–H and O–H groups in total. The summed E-state index contributed by atoms with van der Waals surface area (Å²) in [6, 6.07) is 33.1. The zero-order valence-corrected chi connectivity index (χ0v) is 16.6. The van der Waals surface area contributed by atoms with Crippen LogP contribution < -0.4 is 20.7 Å². The molecule has 1 nitrogen and oxygen atoms in total. The standard InChI is InChI=1S/C23H16BrNSi/c24-23-22-19-13-7-8-14-20(19)26(21(22)15-16-25-23,17-9-3-1-4-10-17)18-11-5-2-6-12-18/h1-16H. The Kier molecular flexibility index (Phi) is 3.66. The Balaban J connectivity index is 2.00. The van der Waals surface area contributed by atoms with Crippen molar-refractivity contribution in [2.24, 2.45) is 0 Å². The van der Waals surface area contributed by atoms with Gasteiger partial charge in [0.15, 0.2) is 8.07 Å². The van der Waals surface area contributed by atoms with Gasteiger partial charge in [-0.1, -0.05) is 84.9 Å². The van der Waals surface area contributed by atoms with E-state index in [1.54, 1.807) is 0 Å². The van der Waals surface area contributed by atoms with E-state index in [1.165, 1.54) is 31.9 Å². The summed E-state index contributed by atoms with van der Waals surface area (Å²) < 4.78 is 0.934. The van der Waals surface area contributed by atoms with Crippen LogP contribution in [0.3, 0.4) is 0 Å². The van der Waals surface area contributed by atoms with E-state index in [1.807, 2.05) is 6.20 Å². The van der Waals surface area contributed by atoms with Crippen LogP contribution in [-0.4, -0.2) is 13.1 Å². The molecule has 3 aromatic carbocycles. The highest BCUT2D eigenvalue weighted by atomic mass is 79.9. The van der Waals surface area contributed by atoms with Gasteiger partial charge in [-0.15, -0.1) is 0 Å². The lowest BCUT2D eigenvalue weighted by atomic mass is 10.1. The normalized spacial score (nSPS) is 13.9. The van der Waals surface area contributed by atoms with Gasteiger partial charge in [0, 0.05) is 11.8 Å². The molecular weight excluding hydrogens is 398 g/mol. The molecule has 1 aromatic heterocycles. The third kappa shape index (κ3) is 2.04. The summed E-state index contributed by atoms with van der Waals surface area (Å²) in [5.41, 5.74) is 2.56. The number of benzene rings is 3. The summed E-state index contributed by atoms with van der Waals surface area (Å²) in [5, 5.41) is 5.69. The van der Waals surface area contributed by atoms with Crippen molar-refractivity contribution < 1.29 is 0 Å². The van der Waals surface area contributed by atoms with Gasteiger partial charge in [0.2, 0.25) is 0 Å². The molecule has 0 atom stereocenters. The number of hydrogen-bond acceptors (Lipinski definition) is 1. The molecule has 0 amide bonds. The van der Waals surface area contributed by atoms with Crippen LogP contribution >= 0.6 is 15.9 Å². The lowest BCUT2D eigenvalue weighted by molar-refractivity contribution is 1.29. The van der Waals surface area contributed by atoms with Crippen LogP contribution in [0.2, 0.25) is 0 Å². The number of aromatic nitrogens is 1. The first-order valence-electron chi connectivity index (χ1n) is 8.69. The van der Waals surface area contributed by atoms with Crippen molar-refractivity contribution in [3.63, 3.8) is 0 Å². The van der Waals surface area contributed by atoms with Crippen LogP contribution in [0.1, 0.15) is 0 Å². The van der Waals surface area contributed by atoms with E-state index in [2.05, 4.69) is 112 Å². The number of nitrogens with zero attached hydrogens (tertiary/aromatic N) is 1. The summed E-state index contributed by atoms with van der Waals surface area (Å²) in [6.45, 7) is 0. The van der Waals surface area contributed by atoms with Crippen LogP contribution in [0, 0.1) is 0 Å². The fourth-order valence-electron chi connectivity index (χ4n) is 4.34. The second-order valence-electron chi connectivity index (χ2n) is 6.55. The van der Waals surface area contributed by atoms with Gasteiger partial charge in [-0.3, -0.25) is 0 Å². The summed E-state index contributed by atoms with van der Waals surface area (Å²) in [5.74, 6) is 0. The minimum Gasteiger partial charge on any atom is -0.249 e. The Morgan fingerprint density at radius 1 is 0.615 bits per heavy atom. The molecule has 0 saturated heterocycles. The first-order chi connectivity index (χ1) is 12.8. The molecule has 3 heteroatoms. The molecule has 0 spiro atoms. The van der Waals surface area contributed by atoms with Gasteiger partial charge < -0.3 is 0 Å². The van der Waals surface area contributed by atoms with Gasteiger partial charge in [-0.25, -0.2) is 4.98 Å². The molecule has 26 heavy (non-hydrogen) atoms. The molecule has 0 saturated carbocycles. The molecule has 0 fully saturated rings. The van der Waals surface area contributed by atoms with E-state index >= 15 is 0 Å². The fourth-order valence-corrected chi connectivity index (χ4v) is 10.2. The van der Waals surface area contributed by atoms with Crippen LogP contribution in [0.25, 0.3) is 11.1 Å². The zero-order valence-electron chi connectivity index (χ0n) is 14.1. The molecule has 0 bridgehead atoms. The Morgan fingerprint density at radius 2 is 1.19 bits per heavy atom. The minimum atomic E-state index is -2.33. The summed E-state index contributed by atoms with van der Waals surface area (Å²) in [7, 11) is -2.33. The third-order valence-electron chi connectivity index (χ3n) is 5.32. The van der Waals surface area contributed by atoms with E-state index in [0.717, 1.165) is 4.60 Å². The third-order valence-corrected chi connectivity index (χ3v) is 10.8. The number of halogens is 1. The maximum Gasteiger partial charge on any atom is 0.181 e. The second-order valence-corrected chi connectivity index (χ2v) is 11.0. The topological polar surface area (TPSA) is 12.9 Å². The highest BCUT2D eigenvalue weighted by Crippen LogP contribution is 2.32. The van der Waals surface area contributed by atoms with Crippen molar-refractivity contribution in [1.29, 1.82) is 0 Å². The van der Waals surface area contributed by atoms with Crippen LogP contribution in [0.15, 0.2) is 102 Å². The summed E-state index contributed by atoms with van der Waals surface area (Å²) in [4.78, 5) is 4.54.